The predicted molar refractivity (Wildman–Crippen MR) is 64.3 cm³/mol. The predicted octanol–water partition coefficient (Wildman–Crippen LogP) is 3.09. The maximum Gasteiger partial charge on any atom is 0.317 e. The minimum atomic E-state index is -0.441. The van der Waals surface area contributed by atoms with Gasteiger partial charge in [0.1, 0.15) is 12.2 Å². The Labute approximate surface area is 105 Å². The van der Waals surface area contributed by atoms with E-state index < -0.39 is 11.8 Å². The van der Waals surface area contributed by atoms with Gasteiger partial charge >= 0.3 is 5.97 Å². The molecule has 0 saturated carbocycles. The second kappa shape index (κ2) is 6.27. The van der Waals surface area contributed by atoms with E-state index in [4.69, 9.17) is 16.3 Å². The smallest absolute Gasteiger partial charge is 0.317 e. The molecule has 4 heteroatoms. The quantitative estimate of drug-likeness (QED) is 0.599. The van der Waals surface area contributed by atoms with Gasteiger partial charge in [0.25, 0.3) is 0 Å². The standard InChI is InChI=1S/C13H12ClFO2/c1-3-17-13(16)6-4-5-10-8-11(14)9(2)7-12(10)15/h7-8H,3,6H2,1-2H3. The lowest BCUT2D eigenvalue weighted by atomic mass is 10.1. The minimum Gasteiger partial charge on any atom is -0.465 e. The van der Waals surface area contributed by atoms with Crippen LogP contribution in [-0.2, 0) is 9.53 Å². The second-order valence-corrected chi connectivity index (χ2v) is 3.77. The van der Waals surface area contributed by atoms with E-state index in [0.29, 0.717) is 17.2 Å². The van der Waals surface area contributed by atoms with Crippen molar-refractivity contribution in [2.75, 3.05) is 6.61 Å². The summed E-state index contributed by atoms with van der Waals surface area (Å²) in [6, 6.07) is 2.76. The van der Waals surface area contributed by atoms with Crippen LogP contribution in [0.25, 0.3) is 0 Å². The summed E-state index contributed by atoms with van der Waals surface area (Å²) in [5.74, 6) is 4.25. The number of esters is 1. The molecule has 0 radical (unpaired) electrons. The number of carbonyl (C=O) groups excluding carboxylic acids is 1. The van der Waals surface area contributed by atoms with Gasteiger partial charge in [-0.05, 0) is 31.5 Å². The molecule has 1 rings (SSSR count). The summed E-state index contributed by atoms with van der Waals surface area (Å²) < 4.78 is 18.1. The third kappa shape index (κ3) is 4.08. The van der Waals surface area contributed by atoms with Gasteiger partial charge in [-0.2, -0.15) is 0 Å². The Bertz CT molecular complexity index is 486. The molecule has 90 valence electrons. The normalized spacial score (nSPS) is 9.41. The zero-order chi connectivity index (χ0) is 12.8. The van der Waals surface area contributed by atoms with E-state index in [-0.39, 0.29) is 12.0 Å². The van der Waals surface area contributed by atoms with Crippen molar-refractivity contribution in [1.29, 1.82) is 0 Å². The van der Waals surface area contributed by atoms with Crippen LogP contribution in [0.5, 0.6) is 0 Å². The van der Waals surface area contributed by atoms with E-state index in [2.05, 4.69) is 11.8 Å². The highest BCUT2D eigenvalue weighted by atomic mass is 35.5. The number of ether oxygens (including phenoxy) is 1. The van der Waals surface area contributed by atoms with Crippen LogP contribution in [-0.4, -0.2) is 12.6 Å². The fourth-order valence-electron chi connectivity index (χ4n) is 1.17. The van der Waals surface area contributed by atoms with E-state index in [1.165, 1.54) is 12.1 Å². The molecule has 1 aromatic carbocycles. The van der Waals surface area contributed by atoms with Gasteiger partial charge in [-0.3, -0.25) is 4.79 Å². The third-order valence-electron chi connectivity index (χ3n) is 2.01. The molecule has 0 aliphatic heterocycles. The summed E-state index contributed by atoms with van der Waals surface area (Å²) in [6.45, 7) is 3.73. The fourth-order valence-corrected chi connectivity index (χ4v) is 1.33. The number of hydrogen-bond acceptors (Lipinski definition) is 2. The van der Waals surface area contributed by atoms with Crippen molar-refractivity contribution in [2.24, 2.45) is 0 Å². The summed E-state index contributed by atoms with van der Waals surface area (Å²) >= 11 is 5.85. The zero-order valence-corrected chi connectivity index (χ0v) is 10.4. The van der Waals surface area contributed by atoms with Crippen LogP contribution in [0, 0.1) is 24.6 Å². The number of benzene rings is 1. The largest absolute Gasteiger partial charge is 0.465 e. The Morgan fingerprint density at radius 3 is 2.88 bits per heavy atom. The van der Waals surface area contributed by atoms with Crippen LogP contribution < -0.4 is 0 Å². The van der Waals surface area contributed by atoms with Crippen LogP contribution >= 0.6 is 11.6 Å². The Morgan fingerprint density at radius 1 is 1.53 bits per heavy atom. The lowest BCUT2D eigenvalue weighted by Gasteiger charge is -2.00. The van der Waals surface area contributed by atoms with Crippen molar-refractivity contribution < 1.29 is 13.9 Å². The lowest BCUT2D eigenvalue weighted by Crippen LogP contribution is -2.01. The molecule has 0 N–H and O–H groups in total. The average molecular weight is 255 g/mol. The first-order chi connectivity index (χ1) is 8.04. The molecule has 0 fully saturated rings. The van der Waals surface area contributed by atoms with Crippen LogP contribution in [0.4, 0.5) is 4.39 Å². The molecule has 0 heterocycles. The van der Waals surface area contributed by atoms with Crippen molar-refractivity contribution in [1.82, 2.24) is 0 Å². The van der Waals surface area contributed by atoms with Gasteiger partial charge in [-0.1, -0.05) is 23.4 Å². The van der Waals surface area contributed by atoms with Crippen molar-refractivity contribution in [3.8, 4) is 11.8 Å². The van der Waals surface area contributed by atoms with E-state index in [9.17, 15) is 9.18 Å². The SMILES string of the molecule is CCOC(=O)CC#Cc1cc(Cl)c(C)cc1F. The molecule has 0 spiro atoms. The second-order valence-electron chi connectivity index (χ2n) is 3.36. The molecule has 0 aliphatic carbocycles. The summed E-state index contributed by atoms with van der Waals surface area (Å²) in [5, 5.41) is 0.451. The Kier molecular flexibility index (Phi) is 4.99. The van der Waals surface area contributed by atoms with Gasteiger partial charge in [0, 0.05) is 5.02 Å². The number of carbonyl (C=O) groups is 1. The van der Waals surface area contributed by atoms with E-state index in [1.807, 2.05) is 0 Å². The Hall–Kier alpha value is -1.53. The molecular weight excluding hydrogens is 243 g/mol. The van der Waals surface area contributed by atoms with Gasteiger partial charge in [0.15, 0.2) is 0 Å². The molecule has 17 heavy (non-hydrogen) atoms. The molecule has 0 atom stereocenters. The monoisotopic (exact) mass is 254 g/mol. The number of aryl methyl sites for hydroxylation is 1. The highest BCUT2D eigenvalue weighted by Gasteiger charge is 2.03. The Balaban J connectivity index is 2.79. The van der Waals surface area contributed by atoms with Gasteiger partial charge in [0.05, 0.1) is 12.2 Å². The summed E-state index contributed by atoms with van der Waals surface area (Å²) in [6.07, 6.45) is -0.0568. The van der Waals surface area contributed by atoms with Crippen molar-refractivity contribution in [2.45, 2.75) is 20.3 Å². The topological polar surface area (TPSA) is 26.3 Å². The third-order valence-corrected chi connectivity index (χ3v) is 2.42. The fraction of sp³-hybridized carbons (Fsp3) is 0.308. The van der Waals surface area contributed by atoms with Crippen LogP contribution in [0.2, 0.25) is 5.02 Å². The molecule has 0 amide bonds. The van der Waals surface area contributed by atoms with Crippen molar-refractivity contribution in [3.63, 3.8) is 0 Å². The Morgan fingerprint density at radius 2 is 2.24 bits per heavy atom. The van der Waals surface area contributed by atoms with E-state index in [1.54, 1.807) is 13.8 Å². The van der Waals surface area contributed by atoms with Gasteiger partial charge in [0.2, 0.25) is 0 Å². The van der Waals surface area contributed by atoms with Gasteiger partial charge in [-0.25, -0.2) is 4.39 Å². The summed E-state index contributed by atoms with van der Waals surface area (Å²) in [5.41, 5.74) is 0.838. The number of hydrogen-bond donors (Lipinski definition) is 0. The van der Waals surface area contributed by atoms with E-state index in [0.717, 1.165) is 0 Å². The number of halogens is 2. The average Bonchev–Trinajstić information content (AvgIpc) is 2.26. The van der Waals surface area contributed by atoms with Crippen LogP contribution in [0.3, 0.4) is 0 Å². The van der Waals surface area contributed by atoms with Crippen molar-refractivity contribution >= 4 is 17.6 Å². The van der Waals surface area contributed by atoms with Gasteiger partial charge in [-0.15, -0.1) is 0 Å². The molecule has 0 aliphatic rings. The first-order valence-electron chi connectivity index (χ1n) is 5.14. The molecule has 2 nitrogen and oxygen atoms in total. The van der Waals surface area contributed by atoms with Crippen LogP contribution in [0.15, 0.2) is 12.1 Å². The molecule has 0 bridgehead atoms. The maximum absolute atomic E-state index is 13.4. The molecule has 0 aromatic heterocycles. The summed E-state index contributed by atoms with van der Waals surface area (Å²) in [4.78, 5) is 11.0. The lowest BCUT2D eigenvalue weighted by molar-refractivity contribution is -0.141. The van der Waals surface area contributed by atoms with Crippen molar-refractivity contribution in [3.05, 3.63) is 34.1 Å². The summed E-state index contributed by atoms with van der Waals surface area (Å²) in [7, 11) is 0. The first-order valence-corrected chi connectivity index (χ1v) is 5.52. The number of rotatable bonds is 2. The maximum atomic E-state index is 13.4. The highest BCUT2D eigenvalue weighted by molar-refractivity contribution is 6.31. The molecule has 0 saturated heterocycles. The molecular formula is C13H12ClFO2. The minimum absolute atomic E-state index is 0.0568. The molecule has 1 aromatic rings. The zero-order valence-electron chi connectivity index (χ0n) is 9.64. The van der Waals surface area contributed by atoms with Gasteiger partial charge < -0.3 is 4.74 Å². The van der Waals surface area contributed by atoms with E-state index >= 15 is 0 Å². The first kappa shape index (κ1) is 13.5. The van der Waals surface area contributed by atoms with Crippen LogP contribution in [0.1, 0.15) is 24.5 Å². The highest BCUT2D eigenvalue weighted by Crippen LogP contribution is 2.19. The molecule has 0 unspecified atom stereocenters.